The fourth-order valence-electron chi connectivity index (χ4n) is 6.79. The van der Waals surface area contributed by atoms with Crippen LogP contribution in [0.5, 0.6) is 0 Å². The van der Waals surface area contributed by atoms with Gasteiger partial charge in [-0.1, -0.05) is 77.3 Å². The second kappa shape index (κ2) is 27.2. The van der Waals surface area contributed by atoms with E-state index in [9.17, 15) is 31.5 Å². The first-order valence-electron chi connectivity index (χ1n) is 20.1. The van der Waals surface area contributed by atoms with Crippen molar-refractivity contribution < 1.29 is 36.3 Å². The number of carbonyl (C=O) groups excluding carboxylic acids is 1. The van der Waals surface area contributed by atoms with Gasteiger partial charge in [-0.3, -0.25) is 9.69 Å². The Balaban J connectivity index is 0.000000963. The van der Waals surface area contributed by atoms with Crippen LogP contribution in [-0.2, 0) is 35.8 Å². The lowest BCUT2D eigenvalue weighted by Crippen LogP contribution is -2.42. The average molecular weight is 842 g/mol. The summed E-state index contributed by atoms with van der Waals surface area (Å²) in [6, 6.07) is 11.6. The number of ether oxygens (including phenoxy) is 1. The van der Waals surface area contributed by atoms with Crippen LogP contribution in [0.3, 0.4) is 0 Å². The van der Waals surface area contributed by atoms with Gasteiger partial charge in [0.05, 0.1) is 16.8 Å². The van der Waals surface area contributed by atoms with E-state index < -0.39 is 37.6 Å². The van der Waals surface area contributed by atoms with Crippen LogP contribution in [0.1, 0.15) is 101 Å². The van der Waals surface area contributed by atoms with E-state index in [0.717, 1.165) is 60.4 Å². The van der Waals surface area contributed by atoms with E-state index in [1.54, 1.807) is 20.3 Å². The molecule has 2 aromatic carbocycles. The summed E-state index contributed by atoms with van der Waals surface area (Å²) in [5.41, 5.74) is 3.60. The number of benzene rings is 2. The van der Waals surface area contributed by atoms with E-state index in [0.29, 0.717) is 31.6 Å². The van der Waals surface area contributed by atoms with E-state index in [2.05, 4.69) is 34.1 Å². The number of carboxylic acids is 1. The van der Waals surface area contributed by atoms with Crippen molar-refractivity contribution in [2.24, 2.45) is 5.92 Å². The zero-order valence-electron chi connectivity index (χ0n) is 35.4. The first-order valence-corrected chi connectivity index (χ1v) is 24.9. The predicted octanol–water partition coefficient (Wildman–Crippen LogP) is 6.88. The number of likely N-dealkylation sites (tertiary alicyclic amines) is 1. The van der Waals surface area contributed by atoms with Crippen LogP contribution in [0.2, 0.25) is 0 Å². The fraction of sp³-hybridized carbons (Fsp3) is 0.667. The Bertz CT molecular complexity index is 1660. The largest absolute Gasteiger partial charge is 0.480 e. The molecule has 14 heteroatoms. The van der Waals surface area contributed by atoms with E-state index in [4.69, 9.17) is 0 Å². The standard InChI is InChI=1S/C31H42N2O7S2.C7H17NS.C2H6O.C2H6/c1-22-8-6-7-11-26(22)28-18-24(12-13-27(28)30(34)32-29(31(35)36)15-17-41(2,37)38)19-33-16-14-25(20-33)42(39,40)21-23-9-4-3-5-10-23;1-4-5-9-7(2)6-8-3;1-3-2;1-2/h6-8,11-13,18,23,25,29H,3-5,9-10,14-17,19-21H2,1-2H3,(H,32,34)(H,35,36);7-8H,4-6H2,1-3H3;1-2H3;1-2H3. The number of hydrogen-bond acceptors (Lipinski definition) is 10. The van der Waals surface area contributed by atoms with Crippen LogP contribution < -0.4 is 10.6 Å². The third-order valence-corrected chi connectivity index (χ3v) is 14.3. The normalized spacial score (nSPS) is 17.2. The van der Waals surface area contributed by atoms with E-state index >= 15 is 0 Å². The number of amides is 1. The molecule has 4 rings (SSSR count). The first kappa shape index (κ1) is 51.5. The molecule has 3 unspecified atom stereocenters. The Hall–Kier alpha value is -2.49. The highest BCUT2D eigenvalue weighted by molar-refractivity contribution is 7.99. The minimum Gasteiger partial charge on any atom is -0.480 e. The molecular weight excluding hydrogens is 771 g/mol. The maximum Gasteiger partial charge on any atom is 0.326 e. The van der Waals surface area contributed by atoms with Gasteiger partial charge in [0.1, 0.15) is 15.9 Å². The van der Waals surface area contributed by atoms with Crippen molar-refractivity contribution in [3.63, 3.8) is 0 Å². The van der Waals surface area contributed by atoms with Crippen molar-refractivity contribution in [2.45, 2.75) is 109 Å². The summed E-state index contributed by atoms with van der Waals surface area (Å²) >= 11 is 2.04. The second-order valence-electron chi connectivity index (χ2n) is 14.6. The number of aliphatic carboxylic acids is 1. The highest BCUT2D eigenvalue weighted by Crippen LogP contribution is 2.31. The summed E-state index contributed by atoms with van der Waals surface area (Å²) < 4.78 is 53.8. The Kier molecular flexibility index (Phi) is 25.1. The number of carboxylic acid groups (broad SMARTS) is 1. The molecule has 0 aromatic heterocycles. The summed E-state index contributed by atoms with van der Waals surface area (Å²) in [4.78, 5) is 27.3. The van der Waals surface area contributed by atoms with Gasteiger partial charge >= 0.3 is 5.97 Å². The number of nitrogens with one attached hydrogen (secondary N) is 2. The van der Waals surface area contributed by atoms with Crippen molar-refractivity contribution in [3.8, 4) is 11.1 Å². The van der Waals surface area contributed by atoms with Gasteiger partial charge < -0.3 is 20.5 Å². The molecule has 1 aliphatic carbocycles. The molecular formula is C42H71N3O8S3. The summed E-state index contributed by atoms with van der Waals surface area (Å²) in [5, 5.41) is 15.7. The zero-order chi connectivity index (χ0) is 42.3. The van der Waals surface area contributed by atoms with Crippen LogP contribution in [0.4, 0.5) is 0 Å². The van der Waals surface area contributed by atoms with Gasteiger partial charge in [0.2, 0.25) is 0 Å². The Labute approximate surface area is 343 Å². The molecule has 1 saturated heterocycles. The number of nitrogens with zero attached hydrogens (tertiary/aromatic N) is 1. The number of aryl methyl sites for hydroxylation is 1. The molecule has 56 heavy (non-hydrogen) atoms. The van der Waals surface area contributed by atoms with E-state index in [-0.39, 0.29) is 34.7 Å². The van der Waals surface area contributed by atoms with E-state index in [1.165, 1.54) is 18.6 Å². The van der Waals surface area contributed by atoms with Gasteiger partial charge in [0.15, 0.2) is 9.84 Å². The lowest BCUT2D eigenvalue weighted by atomic mass is 9.91. The minimum absolute atomic E-state index is 0.239. The molecule has 0 spiro atoms. The molecule has 1 aliphatic heterocycles. The number of hydrogen-bond donors (Lipinski definition) is 3. The molecule has 1 saturated carbocycles. The molecule has 0 radical (unpaired) electrons. The van der Waals surface area contributed by atoms with Gasteiger partial charge in [-0.05, 0) is 98.7 Å². The van der Waals surface area contributed by atoms with Gasteiger partial charge in [-0.2, -0.15) is 11.8 Å². The minimum atomic E-state index is -3.41. The number of sulfone groups is 2. The van der Waals surface area contributed by atoms with Crippen molar-refractivity contribution in [2.75, 3.05) is 64.4 Å². The van der Waals surface area contributed by atoms with Crippen LogP contribution >= 0.6 is 11.8 Å². The SMILES string of the molecule is CC.CCCSC(C)CNC.COC.Cc1ccccc1-c1cc(CN2CCC(S(=O)(=O)CC3CCCCC3)C2)ccc1C(=O)NC(CCS(C)(=O)=O)C(=O)O. The topological polar surface area (TPSA) is 159 Å². The second-order valence-corrected chi connectivity index (χ2v) is 20.7. The number of rotatable bonds is 17. The fourth-order valence-corrected chi connectivity index (χ4v) is 10.5. The molecule has 2 fully saturated rings. The summed E-state index contributed by atoms with van der Waals surface area (Å²) in [5.74, 6) is -0.405. The third-order valence-electron chi connectivity index (χ3n) is 9.58. The number of thioether (sulfide) groups is 1. The molecule has 3 N–H and O–H groups in total. The van der Waals surface area contributed by atoms with Crippen LogP contribution in [-0.4, -0.2) is 120 Å². The number of methoxy groups -OCH3 is 1. The maximum absolute atomic E-state index is 13.4. The predicted molar refractivity (Wildman–Crippen MR) is 234 cm³/mol. The highest BCUT2D eigenvalue weighted by Gasteiger charge is 2.35. The smallest absolute Gasteiger partial charge is 0.326 e. The molecule has 2 aromatic rings. The van der Waals surface area contributed by atoms with Crippen LogP contribution in [0.15, 0.2) is 42.5 Å². The molecule has 320 valence electrons. The quantitative estimate of drug-likeness (QED) is 0.153. The summed E-state index contributed by atoms with van der Waals surface area (Å²) in [7, 11) is -1.32. The van der Waals surface area contributed by atoms with Gasteiger partial charge in [-0.25, -0.2) is 21.6 Å². The monoisotopic (exact) mass is 841 g/mol. The van der Waals surface area contributed by atoms with Crippen LogP contribution in [0.25, 0.3) is 11.1 Å². The Morgan fingerprint density at radius 3 is 2.21 bits per heavy atom. The lowest BCUT2D eigenvalue weighted by molar-refractivity contribution is -0.139. The van der Waals surface area contributed by atoms with Crippen molar-refractivity contribution in [3.05, 3.63) is 59.2 Å². The molecule has 2 aliphatic rings. The zero-order valence-corrected chi connectivity index (χ0v) is 37.9. The molecule has 0 bridgehead atoms. The molecule has 1 heterocycles. The van der Waals surface area contributed by atoms with Gasteiger partial charge in [0, 0.05) is 50.9 Å². The lowest BCUT2D eigenvalue weighted by Gasteiger charge is -2.23. The highest BCUT2D eigenvalue weighted by atomic mass is 32.2. The van der Waals surface area contributed by atoms with Gasteiger partial charge in [0.25, 0.3) is 5.91 Å². The Morgan fingerprint density at radius 2 is 1.64 bits per heavy atom. The molecule has 1 amide bonds. The summed E-state index contributed by atoms with van der Waals surface area (Å²) in [6.45, 7) is 13.2. The molecule has 3 atom stereocenters. The summed E-state index contributed by atoms with van der Waals surface area (Å²) in [6.07, 6.45) is 8.13. The van der Waals surface area contributed by atoms with Crippen molar-refractivity contribution in [1.82, 2.24) is 15.5 Å². The Morgan fingerprint density at radius 1 is 1.00 bits per heavy atom. The van der Waals surface area contributed by atoms with Crippen LogP contribution in [0, 0.1) is 12.8 Å². The third kappa shape index (κ3) is 19.3. The number of carbonyl (C=O) groups is 2. The van der Waals surface area contributed by atoms with Crippen molar-refractivity contribution in [1.29, 1.82) is 0 Å². The first-order chi connectivity index (χ1) is 26.5. The van der Waals surface area contributed by atoms with Crippen molar-refractivity contribution >= 4 is 43.3 Å². The average Bonchev–Trinajstić information content (AvgIpc) is 3.63. The maximum atomic E-state index is 13.4. The van der Waals surface area contributed by atoms with Gasteiger partial charge in [-0.15, -0.1) is 0 Å². The molecule has 11 nitrogen and oxygen atoms in total. The van der Waals surface area contributed by atoms with E-state index in [1.807, 2.05) is 76.0 Å².